The van der Waals surface area contributed by atoms with Gasteiger partial charge in [0.2, 0.25) is 0 Å². The number of nitrogens with zero attached hydrogens (tertiary/aromatic N) is 1. The maximum absolute atomic E-state index is 6.23. The zero-order valence-corrected chi connectivity index (χ0v) is 16.0. The number of hydrogen-bond acceptors (Lipinski definition) is 2. The molecule has 132 valence electrons. The van der Waals surface area contributed by atoms with Crippen LogP contribution in [0.4, 0.5) is 11.4 Å². The summed E-state index contributed by atoms with van der Waals surface area (Å²) in [5.74, 6) is 0. The lowest BCUT2D eigenvalue weighted by molar-refractivity contribution is 0.316. The van der Waals surface area contributed by atoms with Crippen molar-refractivity contribution < 1.29 is 0 Å². The van der Waals surface area contributed by atoms with Crippen LogP contribution in [-0.4, -0.2) is 4.98 Å². The van der Waals surface area contributed by atoms with E-state index in [-0.39, 0.29) is 0 Å². The lowest BCUT2D eigenvalue weighted by Gasteiger charge is -2.21. The molecule has 1 aromatic heterocycles. The van der Waals surface area contributed by atoms with Crippen LogP contribution in [0.5, 0.6) is 0 Å². The lowest BCUT2D eigenvalue weighted by Crippen LogP contribution is -2.16. The average Bonchev–Trinajstić information content (AvgIpc) is 3.24. The van der Waals surface area contributed by atoms with Crippen molar-refractivity contribution in [1.82, 2.24) is 4.98 Å². The van der Waals surface area contributed by atoms with Gasteiger partial charge in [0.05, 0.1) is 21.2 Å². The van der Waals surface area contributed by atoms with Crippen LogP contribution >= 0.6 is 23.2 Å². The third-order valence-corrected chi connectivity index (χ3v) is 6.77. The first-order valence-electron chi connectivity index (χ1n) is 9.26. The van der Waals surface area contributed by atoms with Gasteiger partial charge in [0.25, 0.3) is 0 Å². The number of benzene rings is 2. The predicted molar refractivity (Wildman–Crippen MR) is 110 cm³/mol. The van der Waals surface area contributed by atoms with Crippen molar-refractivity contribution in [3.63, 3.8) is 0 Å². The van der Waals surface area contributed by atoms with Crippen LogP contribution in [0.3, 0.4) is 0 Å². The van der Waals surface area contributed by atoms with Gasteiger partial charge < -0.3 is 5.32 Å². The van der Waals surface area contributed by atoms with Gasteiger partial charge in [-0.2, -0.15) is 0 Å². The molecule has 3 aromatic rings. The highest BCUT2D eigenvalue weighted by molar-refractivity contribution is 6.42. The fourth-order valence-corrected chi connectivity index (χ4v) is 5.07. The van der Waals surface area contributed by atoms with Gasteiger partial charge in [-0.05, 0) is 60.9 Å². The van der Waals surface area contributed by atoms with Crippen LogP contribution in [0.25, 0.3) is 10.9 Å². The summed E-state index contributed by atoms with van der Waals surface area (Å²) in [4.78, 5) is 5.02. The molecule has 0 bridgehead atoms. The van der Waals surface area contributed by atoms with E-state index in [1.807, 2.05) is 18.2 Å². The molecule has 1 N–H and O–H groups in total. The van der Waals surface area contributed by atoms with Crippen LogP contribution in [0.1, 0.15) is 36.9 Å². The van der Waals surface area contributed by atoms with E-state index in [1.165, 1.54) is 48.0 Å². The van der Waals surface area contributed by atoms with Gasteiger partial charge in [-0.3, -0.25) is 4.98 Å². The van der Waals surface area contributed by atoms with Crippen LogP contribution in [0, 0.1) is 5.41 Å². The number of hydrogen-bond donors (Lipinski definition) is 1. The molecule has 0 unspecified atom stereocenters. The minimum absolute atomic E-state index is 0.431. The first-order valence-corrected chi connectivity index (χ1v) is 10.0. The second-order valence-electron chi connectivity index (χ2n) is 7.74. The largest absolute Gasteiger partial charge is 0.355 e. The third-order valence-electron chi connectivity index (χ3n) is 6.03. The highest BCUT2D eigenvalue weighted by atomic mass is 35.5. The monoisotopic (exact) mass is 382 g/mol. The molecule has 2 aromatic carbocycles. The molecular weight excluding hydrogens is 363 g/mol. The Morgan fingerprint density at radius 2 is 1.73 bits per heavy atom. The summed E-state index contributed by atoms with van der Waals surface area (Å²) >= 11 is 12.3. The molecule has 2 aliphatic rings. The Morgan fingerprint density at radius 1 is 0.923 bits per heavy atom. The van der Waals surface area contributed by atoms with Gasteiger partial charge in [-0.15, -0.1) is 0 Å². The van der Waals surface area contributed by atoms with Gasteiger partial charge >= 0.3 is 0 Å². The number of rotatable bonds is 2. The van der Waals surface area contributed by atoms with E-state index in [0.717, 1.165) is 24.0 Å². The number of nitrogens with one attached hydrogen (secondary N) is 1. The van der Waals surface area contributed by atoms with Crippen LogP contribution < -0.4 is 5.32 Å². The molecule has 2 nitrogen and oxygen atoms in total. The summed E-state index contributed by atoms with van der Waals surface area (Å²) in [7, 11) is 0. The fourth-order valence-electron chi connectivity index (χ4n) is 4.77. The molecule has 26 heavy (non-hydrogen) atoms. The Labute approximate surface area is 163 Å². The molecule has 0 amide bonds. The highest BCUT2D eigenvalue weighted by Crippen LogP contribution is 2.51. The zero-order chi connectivity index (χ0) is 17.7. The van der Waals surface area contributed by atoms with E-state index >= 15 is 0 Å². The van der Waals surface area contributed by atoms with Gasteiger partial charge in [0, 0.05) is 16.8 Å². The lowest BCUT2D eigenvalue weighted by atomic mass is 9.83. The Bertz CT molecular complexity index is 1010. The molecular formula is C22H20Cl2N2. The molecule has 1 heterocycles. The Balaban J connectivity index is 1.65. The minimum Gasteiger partial charge on any atom is -0.355 e. The van der Waals surface area contributed by atoms with Gasteiger partial charge in [0.15, 0.2) is 0 Å². The summed E-state index contributed by atoms with van der Waals surface area (Å²) in [5, 5.41) is 5.96. The maximum Gasteiger partial charge on any atom is 0.0726 e. The SMILES string of the molecule is Clc1ccc(Nc2c3c(nc4ccccc24)CC2(CCCC2)C3)cc1Cl. The fraction of sp³-hybridized carbons (Fsp3) is 0.318. The molecule has 0 radical (unpaired) electrons. The summed E-state index contributed by atoms with van der Waals surface area (Å²) in [6, 6.07) is 14.1. The number of para-hydroxylation sites is 1. The van der Waals surface area contributed by atoms with Crippen molar-refractivity contribution in [3.8, 4) is 0 Å². The van der Waals surface area contributed by atoms with Crippen LogP contribution in [0.15, 0.2) is 42.5 Å². The van der Waals surface area contributed by atoms with Gasteiger partial charge in [-0.1, -0.05) is 54.2 Å². The van der Waals surface area contributed by atoms with E-state index in [9.17, 15) is 0 Å². The second kappa shape index (κ2) is 6.14. The zero-order valence-electron chi connectivity index (χ0n) is 14.5. The number of fused-ring (bicyclic) bond motifs is 2. The first kappa shape index (κ1) is 16.4. The first-order chi connectivity index (χ1) is 12.6. The van der Waals surface area contributed by atoms with Crippen molar-refractivity contribution >= 4 is 45.5 Å². The van der Waals surface area contributed by atoms with Crippen LogP contribution in [0.2, 0.25) is 10.0 Å². The molecule has 1 fully saturated rings. The molecule has 5 rings (SSSR count). The van der Waals surface area contributed by atoms with Gasteiger partial charge in [-0.25, -0.2) is 0 Å². The molecule has 2 aliphatic carbocycles. The van der Waals surface area contributed by atoms with Crippen molar-refractivity contribution in [1.29, 1.82) is 0 Å². The van der Waals surface area contributed by atoms with Gasteiger partial charge in [0.1, 0.15) is 0 Å². The highest BCUT2D eigenvalue weighted by Gasteiger charge is 2.41. The Morgan fingerprint density at radius 3 is 2.54 bits per heavy atom. The normalized spacial score (nSPS) is 17.8. The molecule has 1 spiro atoms. The predicted octanol–water partition coefficient (Wildman–Crippen LogP) is 6.94. The summed E-state index contributed by atoms with van der Waals surface area (Å²) in [5.41, 5.74) is 6.30. The number of pyridine rings is 1. The smallest absolute Gasteiger partial charge is 0.0726 e. The van der Waals surface area contributed by atoms with Crippen molar-refractivity contribution in [3.05, 3.63) is 63.8 Å². The number of aromatic nitrogens is 1. The molecule has 0 aliphatic heterocycles. The van der Waals surface area contributed by atoms with E-state index in [2.05, 4.69) is 29.6 Å². The standard InChI is InChI=1S/C22H20Cl2N2/c23-17-8-7-14(11-18(17)24)25-21-15-5-1-2-6-19(15)26-20-13-22(12-16(20)21)9-3-4-10-22/h1-2,5-8,11H,3-4,9-10,12-13H2,(H,25,26). The van der Waals surface area contributed by atoms with E-state index in [4.69, 9.17) is 28.2 Å². The molecule has 0 saturated heterocycles. The summed E-state index contributed by atoms with van der Waals surface area (Å²) < 4.78 is 0. The average molecular weight is 383 g/mol. The number of halogens is 2. The number of anilines is 2. The minimum atomic E-state index is 0.431. The third kappa shape index (κ3) is 2.67. The second-order valence-corrected chi connectivity index (χ2v) is 8.56. The van der Waals surface area contributed by atoms with E-state index in [0.29, 0.717) is 15.5 Å². The summed E-state index contributed by atoms with van der Waals surface area (Å²) in [6.07, 6.45) is 7.59. The summed E-state index contributed by atoms with van der Waals surface area (Å²) in [6.45, 7) is 0. The van der Waals surface area contributed by atoms with Crippen molar-refractivity contribution in [2.45, 2.75) is 38.5 Å². The molecule has 4 heteroatoms. The van der Waals surface area contributed by atoms with E-state index in [1.54, 1.807) is 0 Å². The Kier molecular flexibility index (Phi) is 3.88. The quantitative estimate of drug-likeness (QED) is 0.518. The molecule has 0 atom stereocenters. The topological polar surface area (TPSA) is 24.9 Å². The van der Waals surface area contributed by atoms with Crippen molar-refractivity contribution in [2.24, 2.45) is 5.41 Å². The van der Waals surface area contributed by atoms with Crippen molar-refractivity contribution in [2.75, 3.05) is 5.32 Å². The maximum atomic E-state index is 6.23. The molecule has 1 saturated carbocycles. The Hall–Kier alpha value is -1.77. The van der Waals surface area contributed by atoms with Crippen LogP contribution in [-0.2, 0) is 12.8 Å². The van der Waals surface area contributed by atoms with E-state index < -0.39 is 0 Å².